The number of benzene rings is 2. The van der Waals surface area contributed by atoms with Crippen LogP contribution in [0.25, 0.3) is 22.3 Å². The molecule has 3 nitrogen and oxygen atoms in total. The molecule has 3 aromatic rings. The average Bonchev–Trinajstić information content (AvgIpc) is 2.62. The zero-order valence-corrected chi connectivity index (χ0v) is 14.2. The Morgan fingerprint density at radius 1 is 0.923 bits per heavy atom. The molecule has 0 N–H and O–H groups in total. The molecule has 0 atom stereocenters. The third-order valence-electron chi connectivity index (χ3n) is 4.05. The van der Waals surface area contributed by atoms with Crippen LogP contribution in [0.5, 0.6) is 5.75 Å². The van der Waals surface area contributed by atoms with Gasteiger partial charge >= 0.3 is 6.18 Å². The van der Waals surface area contributed by atoms with Gasteiger partial charge in [0.25, 0.3) is 0 Å². The molecule has 134 valence electrons. The Labute approximate surface area is 148 Å². The van der Waals surface area contributed by atoms with Gasteiger partial charge in [-0.3, -0.25) is 4.79 Å². The highest BCUT2D eigenvalue weighted by molar-refractivity contribution is 5.75. The van der Waals surface area contributed by atoms with E-state index in [1.54, 1.807) is 42.1 Å². The molecule has 2 aromatic carbocycles. The van der Waals surface area contributed by atoms with Crippen LogP contribution in [0, 0.1) is 0 Å². The quantitative estimate of drug-likeness (QED) is 0.676. The van der Waals surface area contributed by atoms with Gasteiger partial charge < -0.3 is 9.30 Å². The molecule has 0 bridgehead atoms. The fourth-order valence-corrected chi connectivity index (χ4v) is 2.83. The summed E-state index contributed by atoms with van der Waals surface area (Å²) in [5.41, 5.74) is 0.218. The number of rotatable bonds is 3. The molecular weight excluding hydrogens is 343 g/mol. The lowest BCUT2D eigenvalue weighted by atomic mass is 9.99. The van der Waals surface area contributed by atoms with E-state index in [9.17, 15) is 18.0 Å². The van der Waals surface area contributed by atoms with Crippen LogP contribution in [0.1, 0.15) is 5.56 Å². The molecule has 0 saturated carbocycles. The number of hydrogen-bond acceptors (Lipinski definition) is 2. The van der Waals surface area contributed by atoms with Crippen LogP contribution in [0.3, 0.4) is 0 Å². The SMILES string of the molecule is COc1ccccc1-c1cn(C)cc(-c2cccc(C(F)(F)F)c2)c1=O. The molecule has 26 heavy (non-hydrogen) atoms. The molecule has 1 heterocycles. The molecule has 6 heteroatoms. The smallest absolute Gasteiger partial charge is 0.416 e. The van der Waals surface area contributed by atoms with Crippen molar-refractivity contribution in [3.63, 3.8) is 0 Å². The fourth-order valence-electron chi connectivity index (χ4n) is 2.83. The average molecular weight is 359 g/mol. The Balaban J connectivity index is 2.23. The molecule has 0 unspecified atom stereocenters. The van der Waals surface area contributed by atoms with Gasteiger partial charge in [0.05, 0.1) is 12.7 Å². The molecule has 0 radical (unpaired) electrons. The number of methoxy groups -OCH3 is 1. The second kappa shape index (κ2) is 6.71. The van der Waals surface area contributed by atoms with E-state index in [-0.39, 0.29) is 16.6 Å². The first kappa shape index (κ1) is 17.8. The molecule has 1 aromatic heterocycles. The normalized spacial score (nSPS) is 11.4. The molecular formula is C20H16F3NO2. The largest absolute Gasteiger partial charge is 0.496 e. The van der Waals surface area contributed by atoms with Crippen LogP contribution < -0.4 is 10.2 Å². The van der Waals surface area contributed by atoms with Gasteiger partial charge in [-0.2, -0.15) is 13.2 Å². The number of aromatic nitrogens is 1. The number of ether oxygens (including phenoxy) is 1. The minimum absolute atomic E-state index is 0.196. The third-order valence-corrected chi connectivity index (χ3v) is 4.05. The van der Waals surface area contributed by atoms with Crippen molar-refractivity contribution < 1.29 is 17.9 Å². The van der Waals surface area contributed by atoms with E-state index >= 15 is 0 Å². The minimum Gasteiger partial charge on any atom is -0.496 e. The maximum Gasteiger partial charge on any atom is 0.416 e. The summed E-state index contributed by atoms with van der Waals surface area (Å²) in [5, 5.41) is 0. The Bertz CT molecular complexity index is 1010. The number of halogens is 3. The van der Waals surface area contributed by atoms with Gasteiger partial charge in [0.1, 0.15) is 5.75 Å². The molecule has 0 aliphatic heterocycles. The summed E-state index contributed by atoms with van der Waals surface area (Å²) in [5.74, 6) is 0.519. The van der Waals surface area contributed by atoms with Crippen molar-refractivity contribution in [2.75, 3.05) is 7.11 Å². The van der Waals surface area contributed by atoms with Crippen LogP contribution in [-0.2, 0) is 13.2 Å². The zero-order chi connectivity index (χ0) is 18.9. The molecule has 0 spiro atoms. The van der Waals surface area contributed by atoms with Crippen molar-refractivity contribution in [2.45, 2.75) is 6.18 Å². The number of nitrogens with zero attached hydrogens (tertiary/aromatic N) is 1. The number of pyridine rings is 1. The number of aryl methyl sites for hydroxylation is 1. The highest BCUT2D eigenvalue weighted by atomic mass is 19.4. The van der Waals surface area contributed by atoms with E-state index < -0.39 is 11.7 Å². The molecule has 0 fully saturated rings. The van der Waals surface area contributed by atoms with Crippen molar-refractivity contribution in [3.8, 4) is 28.0 Å². The highest BCUT2D eigenvalue weighted by Gasteiger charge is 2.30. The van der Waals surface area contributed by atoms with E-state index in [1.807, 2.05) is 0 Å². The summed E-state index contributed by atoms with van der Waals surface area (Å²) < 4.78 is 46.0. The van der Waals surface area contributed by atoms with Crippen molar-refractivity contribution in [3.05, 3.63) is 76.7 Å². The summed E-state index contributed by atoms with van der Waals surface area (Å²) in [6.07, 6.45) is -1.31. The topological polar surface area (TPSA) is 31.2 Å². The van der Waals surface area contributed by atoms with Gasteiger partial charge in [-0.1, -0.05) is 30.3 Å². The fraction of sp³-hybridized carbons (Fsp3) is 0.150. The molecule has 0 aliphatic rings. The Hall–Kier alpha value is -3.02. The Morgan fingerprint density at radius 2 is 1.62 bits per heavy atom. The second-order valence-corrected chi connectivity index (χ2v) is 5.86. The lowest BCUT2D eigenvalue weighted by Gasteiger charge is -2.13. The van der Waals surface area contributed by atoms with Gasteiger partial charge in [0.2, 0.25) is 0 Å². The molecule has 0 saturated heterocycles. The molecule has 3 rings (SSSR count). The first-order valence-electron chi connectivity index (χ1n) is 7.82. The first-order chi connectivity index (χ1) is 12.3. The monoisotopic (exact) mass is 359 g/mol. The van der Waals surface area contributed by atoms with Gasteiger partial charge in [0, 0.05) is 36.1 Å². The summed E-state index contributed by atoms with van der Waals surface area (Å²) >= 11 is 0. The van der Waals surface area contributed by atoms with Crippen molar-refractivity contribution in [1.29, 1.82) is 0 Å². The Morgan fingerprint density at radius 3 is 2.31 bits per heavy atom. The third kappa shape index (κ3) is 3.35. The maximum absolute atomic E-state index is 13.0. The predicted octanol–water partition coefficient (Wildman–Crippen LogP) is 4.75. The standard InChI is InChI=1S/C20H16F3NO2/c1-24-11-16(13-6-5-7-14(10-13)20(21,22)23)19(25)17(12-24)15-8-3-4-9-18(15)26-2/h3-12H,1-2H3. The van der Waals surface area contributed by atoms with Gasteiger partial charge in [-0.15, -0.1) is 0 Å². The van der Waals surface area contributed by atoms with Crippen molar-refractivity contribution in [1.82, 2.24) is 4.57 Å². The van der Waals surface area contributed by atoms with E-state index in [2.05, 4.69) is 0 Å². The van der Waals surface area contributed by atoms with E-state index in [0.717, 1.165) is 12.1 Å². The van der Waals surface area contributed by atoms with Gasteiger partial charge in [-0.05, 0) is 23.8 Å². The van der Waals surface area contributed by atoms with Gasteiger partial charge in [0.15, 0.2) is 5.43 Å². The second-order valence-electron chi connectivity index (χ2n) is 5.86. The molecule has 0 amide bonds. The molecule has 0 aliphatic carbocycles. The van der Waals surface area contributed by atoms with Crippen LogP contribution in [0.4, 0.5) is 13.2 Å². The van der Waals surface area contributed by atoms with Crippen molar-refractivity contribution >= 4 is 0 Å². The predicted molar refractivity (Wildman–Crippen MR) is 94.1 cm³/mol. The number of alkyl halides is 3. The van der Waals surface area contributed by atoms with Crippen molar-refractivity contribution in [2.24, 2.45) is 7.05 Å². The lowest BCUT2D eigenvalue weighted by Crippen LogP contribution is -2.13. The van der Waals surface area contributed by atoms with E-state index in [0.29, 0.717) is 16.9 Å². The van der Waals surface area contributed by atoms with E-state index in [1.165, 1.54) is 25.4 Å². The summed E-state index contributed by atoms with van der Waals surface area (Å²) in [7, 11) is 3.22. The van der Waals surface area contributed by atoms with Crippen LogP contribution >= 0.6 is 0 Å². The number of hydrogen-bond donors (Lipinski definition) is 0. The van der Waals surface area contributed by atoms with E-state index in [4.69, 9.17) is 4.74 Å². The zero-order valence-electron chi connectivity index (χ0n) is 14.2. The first-order valence-corrected chi connectivity index (χ1v) is 7.82. The van der Waals surface area contributed by atoms with Crippen LogP contribution in [0.2, 0.25) is 0 Å². The minimum atomic E-state index is -4.47. The maximum atomic E-state index is 13.0. The summed E-state index contributed by atoms with van der Waals surface area (Å²) in [4.78, 5) is 13.0. The summed E-state index contributed by atoms with van der Waals surface area (Å²) in [6.45, 7) is 0. The van der Waals surface area contributed by atoms with Crippen LogP contribution in [-0.4, -0.2) is 11.7 Å². The Kier molecular flexibility index (Phi) is 4.59. The highest BCUT2D eigenvalue weighted by Crippen LogP contribution is 2.32. The number of para-hydroxylation sites is 1. The van der Waals surface area contributed by atoms with Crippen LogP contribution in [0.15, 0.2) is 65.7 Å². The summed E-state index contributed by atoms with van der Waals surface area (Å²) in [6, 6.07) is 11.8. The lowest BCUT2D eigenvalue weighted by molar-refractivity contribution is -0.137. The van der Waals surface area contributed by atoms with Gasteiger partial charge in [-0.25, -0.2) is 0 Å².